The topological polar surface area (TPSA) is 50.4 Å². The molecule has 4 nitrogen and oxygen atoms in total. The molecule has 0 atom stereocenters. The summed E-state index contributed by atoms with van der Waals surface area (Å²) in [6.45, 7) is 4.82. The molecular weight excluding hydrogens is 276 g/mol. The van der Waals surface area contributed by atoms with Crippen LogP contribution in [0.2, 0.25) is 0 Å². The van der Waals surface area contributed by atoms with Crippen LogP contribution in [-0.4, -0.2) is 12.5 Å². The first-order valence-corrected chi connectivity index (χ1v) is 7.58. The number of amides is 1. The quantitative estimate of drug-likeness (QED) is 0.892. The molecule has 0 aliphatic carbocycles. The molecule has 0 radical (unpaired) electrons. The second-order valence-corrected chi connectivity index (χ2v) is 5.35. The Balaban J connectivity index is 1.63. The summed E-state index contributed by atoms with van der Waals surface area (Å²) in [6, 6.07) is 13.7. The van der Waals surface area contributed by atoms with Gasteiger partial charge in [0.05, 0.1) is 6.61 Å². The Kier molecular flexibility index (Phi) is 4.39. The van der Waals surface area contributed by atoms with E-state index in [4.69, 9.17) is 4.74 Å². The molecule has 0 fully saturated rings. The summed E-state index contributed by atoms with van der Waals surface area (Å²) in [5, 5.41) is 6.25. The third kappa shape index (κ3) is 3.28. The van der Waals surface area contributed by atoms with Crippen LogP contribution in [0.15, 0.2) is 42.5 Å². The molecule has 1 aliphatic heterocycles. The summed E-state index contributed by atoms with van der Waals surface area (Å²) in [5.41, 5.74) is 4.23. The highest BCUT2D eigenvalue weighted by molar-refractivity contribution is 5.94. The van der Waals surface area contributed by atoms with E-state index in [2.05, 4.69) is 10.6 Å². The summed E-state index contributed by atoms with van der Waals surface area (Å²) < 4.78 is 5.47. The first kappa shape index (κ1) is 14.6. The lowest BCUT2D eigenvalue weighted by Gasteiger charge is -2.09. The zero-order chi connectivity index (χ0) is 15.4. The van der Waals surface area contributed by atoms with Gasteiger partial charge in [-0.2, -0.15) is 0 Å². The van der Waals surface area contributed by atoms with Gasteiger partial charge in [-0.3, -0.25) is 4.79 Å². The number of fused-ring (bicyclic) bond motifs is 1. The number of rotatable bonds is 5. The lowest BCUT2D eigenvalue weighted by molar-refractivity contribution is 0.0950. The molecule has 3 rings (SSSR count). The molecule has 1 heterocycles. The van der Waals surface area contributed by atoms with Crippen LogP contribution in [0.3, 0.4) is 0 Å². The normalized spacial score (nSPS) is 12.8. The first-order valence-electron chi connectivity index (χ1n) is 7.58. The smallest absolute Gasteiger partial charge is 0.251 e. The fraction of sp³-hybridized carbons (Fsp3) is 0.278. The summed E-state index contributed by atoms with van der Waals surface area (Å²) in [4.78, 5) is 12.3. The number of benzene rings is 2. The molecule has 1 aliphatic rings. The van der Waals surface area contributed by atoms with E-state index in [0.717, 1.165) is 24.4 Å². The Morgan fingerprint density at radius 3 is 2.91 bits per heavy atom. The third-order valence-electron chi connectivity index (χ3n) is 3.76. The van der Waals surface area contributed by atoms with Gasteiger partial charge in [0.2, 0.25) is 0 Å². The maximum atomic E-state index is 12.3. The van der Waals surface area contributed by atoms with Gasteiger partial charge in [-0.25, -0.2) is 0 Å². The molecular formula is C18H20N2O2. The van der Waals surface area contributed by atoms with Gasteiger partial charge in [-0.05, 0) is 47.9 Å². The molecule has 22 heavy (non-hydrogen) atoms. The molecule has 0 unspecified atom stereocenters. The Hall–Kier alpha value is -2.33. The van der Waals surface area contributed by atoms with Crippen molar-refractivity contribution in [3.8, 4) is 5.75 Å². The van der Waals surface area contributed by atoms with Gasteiger partial charge in [0.1, 0.15) is 5.75 Å². The van der Waals surface area contributed by atoms with Crippen molar-refractivity contribution in [1.82, 2.24) is 10.6 Å². The second-order valence-electron chi connectivity index (χ2n) is 5.35. The summed E-state index contributed by atoms with van der Waals surface area (Å²) in [5.74, 6) is 0.786. The van der Waals surface area contributed by atoms with Gasteiger partial charge in [-0.15, -0.1) is 0 Å². The van der Waals surface area contributed by atoms with Crippen LogP contribution < -0.4 is 15.4 Å². The molecule has 0 saturated carbocycles. The van der Waals surface area contributed by atoms with Crippen LogP contribution in [0.25, 0.3) is 0 Å². The van der Waals surface area contributed by atoms with Crippen LogP contribution >= 0.6 is 0 Å². The zero-order valence-electron chi connectivity index (χ0n) is 12.7. The molecule has 2 N–H and O–H groups in total. The molecule has 1 amide bonds. The van der Waals surface area contributed by atoms with Crippen LogP contribution in [-0.2, 0) is 19.6 Å². The van der Waals surface area contributed by atoms with Crippen molar-refractivity contribution in [3.63, 3.8) is 0 Å². The van der Waals surface area contributed by atoms with Crippen molar-refractivity contribution in [3.05, 3.63) is 64.7 Å². The predicted octanol–water partition coefficient (Wildman–Crippen LogP) is 2.62. The zero-order valence-corrected chi connectivity index (χ0v) is 12.7. The highest BCUT2D eigenvalue weighted by Crippen LogP contribution is 2.17. The van der Waals surface area contributed by atoms with E-state index >= 15 is 0 Å². The van der Waals surface area contributed by atoms with Crippen molar-refractivity contribution in [2.45, 2.75) is 26.6 Å². The minimum Gasteiger partial charge on any atom is -0.494 e. The van der Waals surface area contributed by atoms with Gasteiger partial charge >= 0.3 is 0 Å². The first-order chi connectivity index (χ1) is 10.8. The van der Waals surface area contributed by atoms with Gasteiger partial charge in [-0.1, -0.05) is 18.2 Å². The van der Waals surface area contributed by atoms with Gasteiger partial charge < -0.3 is 15.4 Å². The highest BCUT2D eigenvalue weighted by Gasteiger charge is 2.13. The number of hydrogen-bond acceptors (Lipinski definition) is 3. The predicted molar refractivity (Wildman–Crippen MR) is 85.8 cm³/mol. The number of nitrogens with one attached hydrogen (secondary N) is 2. The van der Waals surface area contributed by atoms with E-state index in [1.54, 1.807) is 0 Å². The van der Waals surface area contributed by atoms with E-state index < -0.39 is 0 Å². The molecule has 2 aromatic rings. The minimum absolute atomic E-state index is 0.0449. The average molecular weight is 296 g/mol. The molecule has 0 saturated heterocycles. The van der Waals surface area contributed by atoms with Gasteiger partial charge in [0.15, 0.2) is 0 Å². The summed E-state index contributed by atoms with van der Waals surface area (Å²) >= 11 is 0. The summed E-state index contributed by atoms with van der Waals surface area (Å²) in [7, 11) is 0. The lowest BCUT2D eigenvalue weighted by atomic mass is 10.1. The van der Waals surface area contributed by atoms with Crippen LogP contribution in [0.4, 0.5) is 0 Å². The monoisotopic (exact) mass is 296 g/mol. The van der Waals surface area contributed by atoms with E-state index in [0.29, 0.717) is 18.7 Å². The standard InChI is InChI=1S/C18H20N2O2/c1-2-22-17-5-3-4-13(8-17)10-20-18(21)14-6-7-15-11-19-12-16(15)9-14/h3-9,19H,2,10-12H2,1H3,(H,20,21). The van der Waals surface area contributed by atoms with Crippen LogP contribution in [0.5, 0.6) is 5.75 Å². The second kappa shape index (κ2) is 6.62. The van der Waals surface area contributed by atoms with Crippen molar-refractivity contribution in [2.24, 2.45) is 0 Å². The van der Waals surface area contributed by atoms with Crippen molar-refractivity contribution in [1.29, 1.82) is 0 Å². The molecule has 0 spiro atoms. The SMILES string of the molecule is CCOc1cccc(CNC(=O)c2ccc3c(c2)CNC3)c1. The fourth-order valence-electron chi connectivity index (χ4n) is 2.63. The van der Waals surface area contributed by atoms with E-state index in [1.165, 1.54) is 11.1 Å². The van der Waals surface area contributed by atoms with Gasteiger partial charge in [0.25, 0.3) is 5.91 Å². The largest absolute Gasteiger partial charge is 0.494 e. The molecule has 4 heteroatoms. The Morgan fingerprint density at radius 2 is 2.05 bits per heavy atom. The lowest BCUT2D eigenvalue weighted by Crippen LogP contribution is -2.22. The van der Waals surface area contributed by atoms with E-state index in [1.807, 2.05) is 49.4 Å². The molecule has 0 aromatic heterocycles. The van der Waals surface area contributed by atoms with Crippen LogP contribution in [0.1, 0.15) is 34.0 Å². The molecule has 0 bridgehead atoms. The number of carbonyl (C=O) groups is 1. The van der Waals surface area contributed by atoms with E-state index in [9.17, 15) is 4.79 Å². The highest BCUT2D eigenvalue weighted by atomic mass is 16.5. The average Bonchev–Trinajstić information content (AvgIpc) is 3.01. The Bertz CT molecular complexity index is 683. The molecule has 114 valence electrons. The number of hydrogen-bond donors (Lipinski definition) is 2. The maximum absolute atomic E-state index is 12.3. The third-order valence-corrected chi connectivity index (χ3v) is 3.76. The van der Waals surface area contributed by atoms with Crippen molar-refractivity contribution in [2.75, 3.05) is 6.61 Å². The Labute approximate surface area is 130 Å². The Morgan fingerprint density at radius 1 is 1.18 bits per heavy atom. The van der Waals surface area contributed by atoms with Crippen LogP contribution in [0, 0.1) is 0 Å². The summed E-state index contributed by atoms with van der Waals surface area (Å²) in [6.07, 6.45) is 0. The minimum atomic E-state index is -0.0449. The van der Waals surface area contributed by atoms with Gasteiger partial charge in [0, 0.05) is 25.2 Å². The van der Waals surface area contributed by atoms with Crippen molar-refractivity contribution >= 4 is 5.91 Å². The van der Waals surface area contributed by atoms with Crippen molar-refractivity contribution < 1.29 is 9.53 Å². The fourth-order valence-corrected chi connectivity index (χ4v) is 2.63. The number of ether oxygens (including phenoxy) is 1. The van der Waals surface area contributed by atoms with E-state index in [-0.39, 0.29) is 5.91 Å². The maximum Gasteiger partial charge on any atom is 0.251 e. The molecule has 2 aromatic carbocycles. The number of carbonyl (C=O) groups excluding carboxylic acids is 1.